The summed E-state index contributed by atoms with van der Waals surface area (Å²) in [5.41, 5.74) is -1.54. The highest BCUT2D eigenvalue weighted by Gasteiger charge is 2.36. The molecule has 0 aliphatic rings. The van der Waals surface area contributed by atoms with Crippen LogP contribution in [-0.2, 0) is 21.0 Å². The smallest absolute Gasteiger partial charge is 0.299 e. The molecule has 1 N–H and O–H groups in total. The van der Waals surface area contributed by atoms with E-state index in [4.69, 9.17) is 11.6 Å². The number of anilines is 2. The minimum atomic E-state index is -4.79. The number of benzene rings is 1. The van der Waals surface area contributed by atoms with E-state index in [1.165, 1.54) is 18.7 Å². The second-order valence-corrected chi connectivity index (χ2v) is 10.7. The summed E-state index contributed by atoms with van der Waals surface area (Å²) in [4.78, 5) is 12.6. The van der Waals surface area contributed by atoms with Gasteiger partial charge in [-0.2, -0.15) is 13.2 Å². The Morgan fingerprint density at radius 2 is 2.03 bits per heavy atom. The van der Waals surface area contributed by atoms with Crippen molar-refractivity contribution in [3.05, 3.63) is 28.8 Å². The fraction of sp³-hybridized carbons (Fsp3) is 0.438. The number of amides is 1. The van der Waals surface area contributed by atoms with E-state index in [9.17, 15) is 26.4 Å². The predicted molar refractivity (Wildman–Crippen MR) is 113 cm³/mol. The molecule has 7 nitrogen and oxygen atoms in total. The summed E-state index contributed by atoms with van der Waals surface area (Å²) >= 11 is 8.18. The number of nitrogens with one attached hydrogen (secondary N) is 1. The summed E-state index contributed by atoms with van der Waals surface area (Å²) in [6, 6.07) is 1.27. The molecule has 0 saturated carbocycles. The largest absolute Gasteiger partial charge is 0.417 e. The molecule has 0 bridgehead atoms. The average Bonchev–Trinajstić information content (AvgIpc) is 3.06. The van der Waals surface area contributed by atoms with Gasteiger partial charge in [-0.3, -0.25) is 14.4 Å². The third kappa shape index (κ3) is 6.22. The molecule has 1 aromatic carbocycles. The van der Waals surface area contributed by atoms with Crippen LogP contribution in [0.4, 0.5) is 24.0 Å². The van der Waals surface area contributed by atoms with E-state index >= 15 is 0 Å². The topological polar surface area (TPSA) is 92.3 Å². The summed E-state index contributed by atoms with van der Waals surface area (Å²) in [5, 5.41) is 9.77. The summed E-state index contributed by atoms with van der Waals surface area (Å²) in [6.45, 7) is 3.26. The summed E-state index contributed by atoms with van der Waals surface area (Å²) in [6.07, 6.45) is -3.07. The van der Waals surface area contributed by atoms with Gasteiger partial charge in [0.25, 0.3) is 0 Å². The van der Waals surface area contributed by atoms with Crippen LogP contribution in [0.5, 0.6) is 0 Å². The highest BCUT2D eigenvalue weighted by molar-refractivity contribution is 8.01. The molecule has 1 amide bonds. The maximum Gasteiger partial charge on any atom is 0.417 e. The van der Waals surface area contributed by atoms with Gasteiger partial charge in [-0.05, 0) is 31.5 Å². The lowest BCUT2D eigenvalue weighted by atomic mass is 10.1. The molecule has 1 heterocycles. The maximum atomic E-state index is 13.2. The van der Waals surface area contributed by atoms with Crippen molar-refractivity contribution in [2.75, 3.05) is 21.6 Å². The van der Waals surface area contributed by atoms with Gasteiger partial charge >= 0.3 is 6.18 Å². The molecular weight excluding hydrogens is 485 g/mol. The van der Waals surface area contributed by atoms with E-state index in [0.717, 1.165) is 41.9 Å². The first-order valence-corrected chi connectivity index (χ1v) is 12.5. The van der Waals surface area contributed by atoms with Crippen molar-refractivity contribution in [2.24, 2.45) is 0 Å². The van der Waals surface area contributed by atoms with Crippen molar-refractivity contribution < 1.29 is 26.4 Å². The Hall–Kier alpha value is -1.57. The zero-order chi connectivity index (χ0) is 22.7. The SMILES string of the molecule is CCCSc1nnc(NC(=O)C(C)N(c2ccc(Cl)c(C(F)(F)F)c2)S(C)(=O)=O)s1. The Morgan fingerprint density at radius 3 is 2.60 bits per heavy atom. The van der Waals surface area contributed by atoms with Crippen LogP contribution in [0.1, 0.15) is 25.8 Å². The van der Waals surface area contributed by atoms with Crippen molar-refractivity contribution in [2.45, 2.75) is 36.8 Å². The van der Waals surface area contributed by atoms with Gasteiger partial charge in [0, 0.05) is 5.75 Å². The number of aromatic nitrogens is 2. The molecule has 14 heteroatoms. The van der Waals surface area contributed by atoms with Crippen molar-refractivity contribution in [1.29, 1.82) is 0 Å². The van der Waals surface area contributed by atoms with Crippen molar-refractivity contribution in [3.63, 3.8) is 0 Å². The van der Waals surface area contributed by atoms with Crippen LogP contribution in [0.3, 0.4) is 0 Å². The number of nitrogens with zero attached hydrogens (tertiary/aromatic N) is 3. The van der Waals surface area contributed by atoms with Gasteiger partial charge in [-0.15, -0.1) is 10.2 Å². The molecule has 0 fully saturated rings. The Labute approximate surface area is 185 Å². The van der Waals surface area contributed by atoms with Crippen LogP contribution in [0.25, 0.3) is 0 Å². The maximum absolute atomic E-state index is 13.2. The first-order chi connectivity index (χ1) is 13.8. The van der Waals surface area contributed by atoms with Gasteiger partial charge in [0.1, 0.15) is 6.04 Å². The zero-order valence-corrected chi connectivity index (χ0v) is 19.2. The first kappa shape index (κ1) is 24.7. The van der Waals surface area contributed by atoms with Crippen LogP contribution in [0.2, 0.25) is 5.02 Å². The van der Waals surface area contributed by atoms with E-state index in [1.54, 1.807) is 0 Å². The van der Waals surface area contributed by atoms with Gasteiger partial charge in [-0.1, -0.05) is 41.6 Å². The van der Waals surface area contributed by atoms with E-state index in [0.29, 0.717) is 14.7 Å². The van der Waals surface area contributed by atoms with Crippen molar-refractivity contribution in [3.8, 4) is 0 Å². The summed E-state index contributed by atoms with van der Waals surface area (Å²) < 4.78 is 65.4. The normalized spacial score (nSPS) is 13.2. The lowest BCUT2D eigenvalue weighted by molar-refractivity contribution is -0.137. The summed E-state index contributed by atoms with van der Waals surface area (Å²) in [7, 11) is -4.11. The molecule has 0 aliphatic carbocycles. The van der Waals surface area contributed by atoms with Gasteiger partial charge in [0.2, 0.25) is 21.1 Å². The fourth-order valence-electron chi connectivity index (χ4n) is 2.39. The number of hydrogen-bond donors (Lipinski definition) is 1. The van der Waals surface area contributed by atoms with Crippen LogP contribution < -0.4 is 9.62 Å². The third-order valence-corrected chi connectivity index (χ3v) is 7.41. The molecule has 2 aromatic rings. The minimum absolute atomic E-state index is 0.158. The number of carbonyl (C=O) groups is 1. The van der Waals surface area contributed by atoms with Crippen molar-refractivity contribution in [1.82, 2.24) is 10.2 Å². The second-order valence-electron chi connectivity index (χ2n) is 6.11. The molecule has 0 radical (unpaired) electrons. The Balaban J connectivity index is 2.31. The molecule has 0 spiro atoms. The lowest BCUT2D eigenvalue weighted by Gasteiger charge is -2.28. The molecule has 1 aromatic heterocycles. The highest BCUT2D eigenvalue weighted by Crippen LogP contribution is 2.38. The standard InChI is InChI=1S/C16H18ClF3N4O3S3/c1-4-7-28-15-23-22-14(29-15)21-13(25)9(2)24(30(3,26)27)10-5-6-12(17)11(8-10)16(18,19)20/h5-6,8-9H,4,7H2,1-3H3,(H,21,22,25). The van der Waals surface area contributed by atoms with E-state index in [-0.39, 0.29) is 10.8 Å². The molecule has 30 heavy (non-hydrogen) atoms. The molecule has 0 saturated heterocycles. The van der Waals surface area contributed by atoms with E-state index < -0.39 is 38.7 Å². The van der Waals surface area contributed by atoms with Crippen LogP contribution in [0, 0.1) is 0 Å². The predicted octanol–water partition coefficient (Wildman–Crippen LogP) is 4.51. The molecule has 1 unspecified atom stereocenters. The Bertz CT molecular complexity index is 1010. The number of alkyl halides is 3. The lowest BCUT2D eigenvalue weighted by Crippen LogP contribution is -2.45. The first-order valence-electron chi connectivity index (χ1n) is 8.48. The van der Waals surface area contributed by atoms with E-state index in [2.05, 4.69) is 15.5 Å². The zero-order valence-electron chi connectivity index (χ0n) is 16.0. The monoisotopic (exact) mass is 502 g/mol. The Morgan fingerprint density at radius 1 is 1.37 bits per heavy atom. The number of halogens is 4. The van der Waals surface area contributed by atoms with Crippen LogP contribution in [0.15, 0.2) is 22.5 Å². The van der Waals surface area contributed by atoms with E-state index in [1.807, 2.05) is 6.92 Å². The molecular formula is C16H18ClF3N4O3S3. The number of thioether (sulfide) groups is 1. The number of hydrogen-bond acceptors (Lipinski definition) is 7. The third-order valence-electron chi connectivity index (χ3n) is 3.66. The van der Waals surface area contributed by atoms with Gasteiger partial charge in [0.15, 0.2) is 4.34 Å². The molecule has 166 valence electrons. The fourth-order valence-corrected chi connectivity index (χ4v) is 5.47. The minimum Gasteiger partial charge on any atom is -0.299 e. The number of carbonyl (C=O) groups excluding carboxylic acids is 1. The van der Waals surface area contributed by atoms with Crippen LogP contribution in [-0.4, -0.2) is 42.6 Å². The van der Waals surface area contributed by atoms with Gasteiger partial charge < -0.3 is 0 Å². The highest BCUT2D eigenvalue weighted by atomic mass is 35.5. The van der Waals surface area contributed by atoms with Gasteiger partial charge in [0.05, 0.1) is 22.5 Å². The summed E-state index contributed by atoms with van der Waals surface area (Å²) in [5.74, 6) is 0.0472. The average molecular weight is 503 g/mol. The molecule has 1 atom stereocenters. The molecule has 2 rings (SSSR count). The molecule has 0 aliphatic heterocycles. The number of rotatable bonds is 8. The second kappa shape index (κ2) is 9.71. The van der Waals surface area contributed by atoms with Gasteiger partial charge in [-0.25, -0.2) is 8.42 Å². The number of sulfonamides is 1. The van der Waals surface area contributed by atoms with Crippen molar-refractivity contribution >= 4 is 61.4 Å². The quantitative estimate of drug-likeness (QED) is 0.422. The van der Waals surface area contributed by atoms with Crippen LogP contribution >= 0.6 is 34.7 Å². The Kier molecular flexibility index (Phi) is 7.99.